The Balaban J connectivity index is 3.00. The molecule has 1 aromatic rings. The van der Waals surface area contributed by atoms with Crippen molar-refractivity contribution in [2.45, 2.75) is 17.9 Å². The van der Waals surface area contributed by atoms with Gasteiger partial charge in [0.1, 0.15) is 11.9 Å². The summed E-state index contributed by atoms with van der Waals surface area (Å²) in [5.41, 5.74) is 0. The monoisotopic (exact) mass is 339 g/mol. The zero-order valence-electron chi connectivity index (χ0n) is 9.61. The third kappa shape index (κ3) is 3.50. The molecule has 0 aliphatic carbocycles. The molecule has 0 amide bonds. The SMILES string of the molecule is COC(=O)C(C)NS(=O)(=O)c1ccc(Br)c(F)c1. The molecule has 0 aromatic heterocycles. The molecule has 1 aromatic carbocycles. The summed E-state index contributed by atoms with van der Waals surface area (Å²) >= 11 is 2.92. The van der Waals surface area contributed by atoms with Crippen molar-refractivity contribution in [1.82, 2.24) is 4.72 Å². The molecule has 0 saturated heterocycles. The Morgan fingerprint density at radius 1 is 1.50 bits per heavy atom. The summed E-state index contributed by atoms with van der Waals surface area (Å²) in [4.78, 5) is 10.8. The van der Waals surface area contributed by atoms with Crippen LogP contribution in [-0.2, 0) is 19.6 Å². The van der Waals surface area contributed by atoms with Crippen molar-refractivity contribution in [3.8, 4) is 0 Å². The van der Waals surface area contributed by atoms with Crippen LogP contribution in [0.5, 0.6) is 0 Å². The maximum absolute atomic E-state index is 13.2. The molecule has 0 aliphatic rings. The van der Waals surface area contributed by atoms with E-state index in [0.29, 0.717) is 0 Å². The van der Waals surface area contributed by atoms with Gasteiger partial charge in [-0.1, -0.05) is 0 Å². The normalized spacial score (nSPS) is 13.1. The smallest absolute Gasteiger partial charge is 0.323 e. The number of methoxy groups -OCH3 is 1. The first-order valence-electron chi connectivity index (χ1n) is 4.83. The van der Waals surface area contributed by atoms with Gasteiger partial charge in [-0.25, -0.2) is 12.8 Å². The second-order valence-electron chi connectivity index (χ2n) is 3.44. The van der Waals surface area contributed by atoms with Crippen molar-refractivity contribution in [3.63, 3.8) is 0 Å². The van der Waals surface area contributed by atoms with Crippen molar-refractivity contribution < 1.29 is 22.3 Å². The van der Waals surface area contributed by atoms with E-state index >= 15 is 0 Å². The van der Waals surface area contributed by atoms with Crippen molar-refractivity contribution in [2.24, 2.45) is 0 Å². The molecular formula is C10H11BrFNO4S. The minimum atomic E-state index is -3.97. The van der Waals surface area contributed by atoms with E-state index in [1.165, 1.54) is 19.1 Å². The van der Waals surface area contributed by atoms with E-state index in [1.807, 2.05) is 0 Å². The van der Waals surface area contributed by atoms with Gasteiger partial charge >= 0.3 is 5.97 Å². The van der Waals surface area contributed by atoms with E-state index in [2.05, 4.69) is 25.4 Å². The summed E-state index contributed by atoms with van der Waals surface area (Å²) in [5.74, 6) is -1.43. The molecular weight excluding hydrogens is 329 g/mol. The van der Waals surface area contributed by atoms with Crippen LogP contribution in [0.1, 0.15) is 6.92 Å². The molecule has 0 bridgehead atoms. The highest BCUT2D eigenvalue weighted by Gasteiger charge is 2.23. The van der Waals surface area contributed by atoms with Crippen LogP contribution in [0.3, 0.4) is 0 Å². The Labute approximate surface area is 113 Å². The average Bonchev–Trinajstić information content (AvgIpc) is 2.30. The number of rotatable bonds is 4. The molecule has 100 valence electrons. The predicted octanol–water partition coefficient (Wildman–Crippen LogP) is 1.43. The van der Waals surface area contributed by atoms with E-state index in [-0.39, 0.29) is 9.37 Å². The maximum Gasteiger partial charge on any atom is 0.323 e. The number of hydrogen-bond acceptors (Lipinski definition) is 4. The van der Waals surface area contributed by atoms with Gasteiger partial charge in [-0.15, -0.1) is 0 Å². The van der Waals surface area contributed by atoms with Gasteiger partial charge in [0.25, 0.3) is 0 Å². The molecule has 1 unspecified atom stereocenters. The number of hydrogen-bond donors (Lipinski definition) is 1. The molecule has 0 spiro atoms. The summed E-state index contributed by atoms with van der Waals surface area (Å²) in [6, 6.07) is 2.30. The number of ether oxygens (including phenoxy) is 1. The summed E-state index contributed by atoms with van der Waals surface area (Å²) in [6.45, 7) is 1.33. The first-order valence-corrected chi connectivity index (χ1v) is 7.10. The van der Waals surface area contributed by atoms with Crippen LogP contribution in [0.25, 0.3) is 0 Å². The number of halogens is 2. The molecule has 0 radical (unpaired) electrons. The highest BCUT2D eigenvalue weighted by atomic mass is 79.9. The zero-order chi connectivity index (χ0) is 13.9. The van der Waals surface area contributed by atoms with Crippen LogP contribution >= 0.6 is 15.9 Å². The lowest BCUT2D eigenvalue weighted by atomic mass is 10.3. The zero-order valence-corrected chi connectivity index (χ0v) is 12.0. The molecule has 1 rings (SSSR count). The van der Waals surface area contributed by atoms with E-state index in [1.54, 1.807) is 0 Å². The molecule has 8 heteroatoms. The summed E-state index contributed by atoms with van der Waals surface area (Å²) < 4.78 is 43.5. The number of carbonyl (C=O) groups is 1. The van der Waals surface area contributed by atoms with E-state index in [9.17, 15) is 17.6 Å². The van der Waals surface area contributed by atoms with Crippen LogP contribution in [0, 0.1) is 5.82 Å². The Kier molecular flexibility index (Phi) is 4.83. The summed E-state index contributed by atoms with van der Waals surface area (Å²) in [6.07, 6.45) is 0. The lowest BCUT2D eigenvalue weighted by molar-refractivity contribution is -0.142. The average molecular weight is 340 g/mol. The molecule has 0 heterocycles. The van der Waals surface area contributed by atoms with E-state index in [4.69, 9.17) is 0 Å². The Hall–Kier alpha value is -0.990. The molecule has 5 nitrogen and oxygen atoms in total. The van der Waals surface area contributed by atoms with E-state index in [0.717, 1.165) is 13.2 Å². The highest BCUT2D eigenvalue weighted by Crippen LogP contribution is 2.19. The lowest BCUT2D eigenvalue weighted by Gasteiger charge is -2.12. The molecule has 18 heavy (non-hydrogen) atoms. The lowest BCUT2D eigenvalue weighted by Crippen LogP contribution is -2.39. The van der Waals surface area contributed by atoms with Crippen molar-refractivity contribution in [3.05, 3.63) is 28.5 Å². The van der Waals surface area contributed by atoms with Gasteiger partial charge in [-0.2, -0.15) is 4.72 Å². The van der Waals surface area contributed by atoms with Gasteiger partial charge in [0.15, 0.2) is 0 Å². The highest BCUT2D eigenvalue weighted by molar-refractivity contribution is 9.10. The number of esters is 1. The van der Waals surface area contributed by atoms with Gasteiger partial charge in [-0.3, -0.25) is 4.79 Å². The first-order chi connectivity index (χ1) is 8.27. The quantitative estimate of drug-likeness (QED) is 0.842. The largest absolute Gasteiger partial charge is 0.468 e. The summed E-state index contributed by atoms with van der Waals surface area (Å²) in [7, 11) is -2.82. The van der Waals surface area contributed by atoms with Crippen LogP contribution < -0.4 is 4.72 Å². The Morgan fingerprint density at radius 3 is 2.61 bits per heavy atom. The fraction of sp³-hybridized carbons (Fsp3) is 0.300. The van der Waals surface area contributed by atoms with Gasteiger partial charge in [0.2, 0.25) is 10.0 Å². The van der Waals surface area contributed by atoms with Crippen LogP contribution in [0.15, 0.2) is 27.6 Å². The number of sulfonamides is 1. The summed E-state index contributed by atoms with van der Waals surface area (Å²) in [5, 5.41) is 0. The molecule has 0 fully saturated rings. The minimum absolute atomic E-state index is 0.155. The van der Waals surface area contributed by atoms with Crippen LogP contribution in [0.4, 0.5) is 4.39 Å². The van der Waals surface area contributed by atoms with Crippen molar-refractivity contribution in [1.29, 1.82) is 0 Å². The molecule has 1 N–H and O–H groups in total. The Bertz CT molecular complexity index is 561. The molecule has 0 aliphatic heterocycles. The number of benzene rings is 1. The van der Waals surface area contributed by atoms with Crippen LogP contribution in [0.2, 0.25) is 0 Å². The topological polar surface area (TPSA) is 72.5 Å². The first kappa shape index (κ1) is 15.1. The van der Waals surface area contributed by atoms with Crippen molar-refractivity contribution in [2.75, 3.05) is 7.11 Å². The molecule has 1 atom stereocenters. The van der Waals surface area contributed by atoms with Crippen molar-refractivity contribution >= 4 is 31.9 Å². The van der Waals surface area contributed by atoms with E-state index < -0.39 is 27.9 Å². The maximum atomic E-state index is 13.2. The third-order valence-corrected chi connectivity index (χ3v) is 4.27. The number of nitrogens with one attached hydrogen (secondary N) is 1. The molecule has 0 saturated carbocycles. The van der Waals surface area contributed by atoms with Gasteiger partial charge in [0, 0.05) is 0 Å². The third-order valence-electron chi connectivity index (χ3n) is 2.09. The Morgan fingerprint density at radius 2 is 2.11 bits per heavy atom. The number of carbonyl (C=O) groups excluding carboxylic acids is 1. The fourth-order valence-electron chi connectivity index (χ4n) is 1.17. The second kappa shape index (κ2) is 5.77. The van der Waals surface area contributed by atoms with Crippen LogP contribution in [-0.4, -0.2) is 27.5 Å². The van der Waals surface area contributed by atoms with Gasteiger partial charge in [0.05, 0.1) is 16.5 Å². The standard InChI is InChI=1S/C10H11BrFNO4S/c1-6(10(14)17-2)13-18(15,16)7-3-4-8(11)9(12)5-7/h3-6,13H,1-2H3. The second-order valence-corrected chi connectivity index (χ2v) is 6.01. The fourth-order valence-corrected chi connectivity index (χ4v) is 2.62. The predicted molar refractivity (Wildman–Crippen MR) is 65.9 cm³/mol. The minimum Gasteiger partial charge on any atom is -0.468 e. The van der Waals surface area contributed by atoms with Gasteiger partial charge < -0.3 is 4.74 Å². The van der Waals surface area contributed by atoms with Gasteiger partial charge in [-0.05, 0) is 41.1 Å².